The van der Waals surface area contributed by atoms with Gasteiger partial charge in [-0.2, -0.15) is 5.10 Å². The number of benzene rings is 3. The van der Waals surface area contributed by atoms with Gasteiger partial charge in [-0.15, -0.1) is 0 Å². The van der Waals surface area contributed by atoms with E-state index >= 15 is 0 Å². The number of nitrogens with zero attached hydrogens (tertiary/aromatic N) is 1. The fourth-order valence-corrected chi connectivity index (χ4v) is 4.16. The number of H-pyrrole nitrogens is 1. The molecule has 0 saturated carbocycles. The van der Waals surface area contributed by atoms with Crippen molar-refractivity contribution < 1.29 is 9.59 Å². The first-order valence-corrected chi connectivity index (χ1v) is 11.9. The van der Waals surface area contributed by atoms with Crippen molar-refractivity contribution in [1.82, 2.24) is 10.2 Å². The van der Waals surface area contributed by atoms with Crippen molar-refractivity contribution in [2.75, 3.05) is 21.3 Å². The van der Waals surface area contributed by atoms with Crippen LogP contribution in [-0.2, 0) is 11.3 Å². The maximum absolute atomic E-state index is 12.7. The van der Waals surface area contributed by atoms with Crippen LogP contribution in [0.3, 0.4) is 0 Å². The monoisotopic (exact) mass is 528 g/mol. The molecule has 0 atom stereocenters. The van der Waals surface area contributed by atoms with E-state index < -0.39 is 10.9 Å². The molecule has 1 aromatic heterocycles. The maximum atomic E-state index is 12.7. The van der Waals surface area contributed by atoms with Crippen molar-refractivity contribution in [3.63, 3.8) is 0 Å². The first kappa shape index (κ1) is 24.7. The summed E-state index contributed by atoms with van der Waals surface area (Å²) in [6.07, 6.45) is 0. The number of anilines is 5. The lowest BCUT2D eigenvalue weighted by atomic mass is 10.1. The Balaban J connectivity index is 1.33. The molecular formula is C27H21ClN6O4. The molecule has 0 saturated heterocycles. The van der Waals surface area contributed by atoms with Crippen LogP contribution in [0.1, 0.15) is 22.8 Å². The van der Waals surface area contributed by atoms with E-state index in [2.05, 4.69) is 31.5 Å². The zero-order chi connectivity index (χ0) is 26.8. The minimum absolute atomic E-state index is 0.139. The predicted molar refractivity (Wildman–Crippen MR) is 148 cm³/mol. The molecule has 11 heteroatoms. The molecule has 1 heterocycles. The highest BCUT2D eigenvalue weighted by Gasteiger charge is 2.21. The highest BCUT2D eigenvalue weighted by atomic mass is 35.5. The third-order valence-electron chi connectivity index (χ3n) is 5.78. The summed E-state index contributed by atoms with van der Waals surface area (Å²) in [5.41, 5.74) is 2.07. The molecule has 0 radical (unpaired) electrons. The van der Waals surface area contributed by atoms with Crippen molar-refractivity contribution in [2.45, 2.75) is 13.5 Å². The lowest BCUT2D eigenvalue weighted by Crippen LogP contribution is -2.36. The van der Waals surface area contributed by atoms with Crippen LogP contribution in [-0.4, -0.2) is 22.0 Å². The summed E-state index contributed by atoms with van der Waals surface area (Å²) in [7, 11) is 0. The minimum atomic E-state index is -0.638. The van der Waals surface area contributed by atoms with Gasteiger partial charge in [0.15, 0.2) is 5.82 Å². The smallest absolute Gasteiger partial charge is 0.256 e. The fourth-order valence-electron chi connectivity index (χ4n) is 3.97. The Labute approximate surface area is 220 Å². The van der Waals surface area contributed by atoms with E-state index in [1.807, 2.05) is 6.07 Å². The summed E-state index contributed by atoms with van der Waals surface area (Å²) in [6.45, 7) is 1.69. The second-order valence-electron chi connectivity index (χ2n) is 8.57. The standard InChI is InChI=1S/C27H21ClN6O4/c1-14(35)30-18-7-2-4-15(10-18)13-29-22-23(25(37)24(22)36)31-19-8-9-21-20(12-19)26(34-33-21)32-27(38)16-5-3-6-17(28)11-16/h2-12,29,31H,13H2,1H3,(H,30,35)(H2,32,33,34,38). The summed E-state index contributed by atoms with van der Waals surface area (Å²) in [5.74, 6) is -0.266. The van der Waals surface area contributed by atoms with E-state index in [0.717, 1.165) is 5.56 Å². The van der Waals surface area contributed by atoms with Gasteiger partial charge in [-0.05, 0) is 54.1 Å². The first-order valence-electron chi connectivity index (χ1n) is 11.5. The van der Waals surface area contributed by atoms with Crippen molar-refractivity contribution in [2.24, 2.45) is 0 Å². The largest absolute Gasteiger partial charge is 0.376 e. The van der Waals surface area contributed by atoms with E-state index in [0.29, 0.717) is 38.7 Å². The number of rotatable bonds is 8. The SMILES string of the molecule is CC(=O)Nc1cccc(CNc2c(Nc3ccc4[nH]nc(NC(=O)c5cccc(Cl)c5)c4c3)c(=O)c2=O)c1. The van der Waals surface area contributed by atoms with Gasteiger partial charge in [0.05, 0.1) is 5.52 Å². The number of aromatic nitrogens is 2. The second kappa shape index (κ2) is 10.2. The number of amides is 2. The molecule has 4 aromatic carbocycles. The molecule has 0 fully saturated rings. The number of nitrogens with one attached hydrogen (secondary N) is 5. The number of fused-ring (bicyclic) bond motifs is 1. The summed E-state index contributed by atoms with van der Waals surface area (Å²) in [4.78, 5) is 48.5. The third-order valence-corrected chi connectivity index (χ3v) is 6.01. The molecule has 0 aliphatic carbocycles. The summed E-state index contributed by atoms with van der Waals surface area (Å²) in [5, 5.41) is 19.5. The van der Waals surface area contributed by atoms with E-state index in [1.165, 1.54) is 6.92 Å². The predicted octanol–water partition coefficient (Wildman–Crippen LogP) is 4.38. The van der Waals surface area contributed by atoms with Crippen molar-refractivity contribution in [3.8, 4) is 0 Å². The van der Waals surface area contributed by atoms with Crippen molar-refractivity contribution in [1.29, 1.82) is 0 Å². The van der Waals surface area contributed by atoms with E-state index in [9.17, 15) is 19.2 Å². The third kappa shape index (κ3) is 5.11. The van der Waals surface area contributed by atoms with Gasteiger partial charge in [-0.3, -0.25) is 24.3 Å². The molecule has 5 aromatic rings. The minimum Gasteiger partial charge on any atom is -0.376 e. The summed E-state index contributed by atoms with van der Waals surface area (Å²) >= 11 is 5.98. The van der Waals surface area contributed by atoms with Gasteiger partial charge in [-0.1, -0.05) is 29.8 Å². The van der Waals surface area contributed by atoms with Gasteiger partial charge in [0.2, 0.25) is 5.91 Å². The number of hydrogen-bond acceptors (Lipinski definition) is 7. The zero-order valence-corrected chi connectivity index (χ0v) is 20.8. The molecule has 10 nitrogen and oxygen atoms in total. The van der Waals surface area contributed by atoms with Crippen LogP contribution in [0.15, 0.2) is 76.3 Å². The Morgan fingerprint density at radius 1 is 0.895 bits per heavy atom. The van der Waals surface area contributed by atoms with Crippen molar-refractivity contribution >= 4 is 62.9 Å². The molecule has 0 aliphatic heterocycles. The normalized spacial score (nSPS) is 10.9. The van der Waals surface area contributed by atoms with Crippen LogP contribution < -0.4 is 32.1 Å². The lowest BCUT2D eigenvalue weighted by Gasteiger charge is -2.15. The topological polar surface area (TPSA) is 145 Å². The van der Waals surface area contributed by atoms with Gasteiger partial charge in [0.1, 0.15) is 11.4 Å². The summed E-state index contributed by atoms with van der Waals surface area (Å²) < 4.78 is 0. The number of hydrogen-bond donors (Lipinski definition) is 5. The molecule has 5 rings (SSSR count). The molecule has 2 amide bonds. The van der Waals surface area contributed by atoms with Crippen LogP contribution >= 0.6 is 11.6 Å². The zero-order valence-electron chi connectivity index (χ0n) is 20.0. The first-order chi connectivity index (χ1) is 18.3. The number of aromatic amines is 1. The van der Waals surface area contributed by atoms with E-state index in [1.54, 1.807) is 60.7 Å². The number of carbonyl (C=O) groups excluding carboxylic acids is 2. The van der Waals surface area contributed by atoms with Crippen LogP contribution in [0.2, 0.25) is 5.02 Å². The number of halogens is 1. The Hall–Kier alpha value is -4.96. The molecule has 0 bridgehead atoms. The maximum Gasteiger partial charge on any atom is 0.256 e. The summed E-state index contributed by atoms with van der Waals surface area (Å²) in [6, 6.07) is 18.9. The Kier molecular flexibility index (Phi) is 6.63. The van der Waals surface area contributed by atoms with Crippen LogP contribution in [0.5, 0.6) is 0 Å². The van der Waals surface area contributed by atoms with E-state index in [-0.39, 0.29) is 29.7 Å². The molecule has 0 unspecified atom stereocenters. The Morgan fingerprint density at radius 2 is 1.68 bits per heavy atom. The van der Waals surface area contributed by atoms with Crippen LogP contribution in [0, 0.1) is 0 Å². The van der Waals surface area contributed by atoms with Crippen LogP contribution in [0.4, 0.5) is 28.6 Å². The highest BCUT2D eigenvalue weighted by Crippen LogP contribution is 2.28. The molecule has 38 heavy (non-hydrogen) atoms. The Bertz CT molecular complexity index is 1770. The molecular weight excluding hydrogens is 508 g/mol. The number of carbonyl (C=O) groups is 2. The highest BCUT2D eigenvalue weighted by molar-refractivity contribution is 6.31. The molecule has 0 spiro atoms. The lowest BCUT2D eigenvalue weighted by molar-refractivity contribution is -0.114. The quantitative estimate of drug-likeness (QED) is 0.188. The fraction of sp³-hybridized carbons (Fsp3) is 0.0741. The molecule has 0 aliphatic rings. The van der Waals surface area contributed by atoms with E-state index in [4.69, 9.17) is 11.6 Å². The average Bonchev–Trinajstić information content (AvgIpc) is 3.29. The second-order valence-corrected chi connectivity index (χ2v) is 9.00. The van der Waals surface area contributed by atoms with Gasteiger partial charge in [-0.25, -0.2) is 0 Å². The Morgan fingerprint density at radius 3 is 2.47 bits per heavy atom. The van der Waals surface area contributed by atoms with Gasteiger partial charge < -0.3 is 21.3 Å². The van der Waals surface area contributed by atoms with Gasteiger partial charge in [0, 0.05) is 40.8 Å². The average molecular weight is 529 g/mol. The molecule has 190 valence electrons. The van der Waals surface area contributed by atoms with Gasteiger partial charge in [0.25, 0.3) is 16.8 Å². The van der Waals surface area contributed by atoms with Crippen LogP contribution in [0.25, 0.3) is 10.9 Å². The van der Waals surface area contributed by atoms with Crippen molar-refractivity contribution in [3.05, 3.63) is 103 Å². The molecule has 5 N–H and O–H groups in total. The van der Waals surface area contributed by atoms with Gasteiger partial charge >= 0.3 is 0 Å².